The van der Waals surface area contributed by atoms with Crippen LogP contribution in [0.4, 0.5) is 0 Å². The summed E-state index contributed by atoms with van der Waals surface area (Å²) in [5, 5.41) is 10.5. The van der Waals surface area contributed by atoms with Crippen molar-refractivity contribution >= 4 is 17.9 Å². The summed E-state index contributed by atoms with van der Waals surface area (Å²) in [4.78, 5) is 38.1. The Bertz CT molecular complexity index is 1120. The molecule has 0 bridgehead atoms. The third-order valence-electron chi connectivity index (χ3n) is 5.18. The molecule has 0 radical (unpaired) electrons. The topological polar surface area (TPSA) is 108 Å². The Labute approximate surface area is 195 Å². The first-order valence-electron chi connectivity index (χ1n) is 10.6. The van der Waals surface area contributed by atoms with Gasteiger partial charge in [-0.1, -0.05) is 54.6 Å². The summed E-state index contributed by atoms with van der Waals surface area (Å²) in [6.07, 6.45) is -5.51. The van der Waals surface area contributed by atoms with Gasteiger partial charge in [-0.2, -0.15) is 0 Å². The number of hydrogen-bond acceptors (Lipinski definition) is 8. The van der Waals surface area contributed by atoms with Crippen LogP contribution in [-0.2, 0) is 18.9 Å². The molecule has 8 nitrogen and oxygen atoms in total. The highest BCUT2D eigenvalue weighted by atomic mass is 16.7. The zero-order chi connectivity index (χ0) is 23.9. The van der Waals surface area contributed by atoms with Crippen molar-refractivity contribution in [1.82, 2.24) is 0 Å². The highest BCUT2D eigenvalue weighted by Crippen LogP contribution is 2.25. The zero-order valence-electron chi connectivity index (χ0n) is 18.0. The van der Waals surface area contributed by atoms with Crippen molar-refractivity contribution in [2.75, 3.05) is 6.61 Å². The van der Waals surface area contributed by atoms with Gasteiger partial charge in [0.15, 0.2) is 24.6 Å². The number of carbonyl (C=O) groups is 3. The van der Waals surface area contributed by atoms with Crippen molar-refractivity contribution < 1.29 is 38.4 Å². The molecule has 4 atom stereocenters. The number of rotatable bonds is 6. The van der Waals surface area contributed by atoms with Gasteiger partial charge >= 0.3 is 17.9 Å². The fourth-order valence-electron chi connectivity index (χ4n) is 3.44. The fourth-order valence-corrected chi connectivity index (χ4v) is 3.44. The number of aliphatic hydroxyl groups excluding tert-OH is 1. The Balaban J connectivity index is 1.59. The molecule has 1 saturated heterocycles. The Morgan fingerprint density at radius 2 is 1.00 bits per heavy atom. The molecule has 8 heteroatoms. The Morgan fingerprint density at radius 3 is 1.44 bits per heavy atom. The molecular formula is C26H22O8. The van der Waals surface area contributed by atoms with E-state index in [9.17, 15) is 19.5 Å². The minimum Gasteiger partial charge on any atom is -0.452 e. The Hall–Kier alpha value is -4.01. The molecule has 0 saturated carbocycles. The van der Waals surface area contributed by atoms with Crippen LogP contribution in [0.3, 0.4) is 0 Å². The molecule has 3 aromatic carbocycles. The third kappa shape index (κ3) is 5.48. The van der Waals surface area contributed by atoms with Crippen molar-refractivity contribution in [2.24, 2.45) is 0 Å². The second kappa shape index (κ2) is 10.7. The molecule has 0 amide bonds. The minimum atomic E-state index is -1.60. The number of carbonyl (C=O) groups excluding carboxylic acids is 3. The van der Waals surface area contributed by atoms with E-state index in [0.717, 1.165) is 0 Å². The molecule has 1 aliphatic heterocycles. The molecule has 2 unspecified atom stereocenters. The van der Waals surface area contributed by atoms with Crippen molar-refractivity contribution in [1.29, 1.82) is 0 Å². The molecule has 34 heavy (non-hydrogen) atoms. The lowest BCUT2D eigenvalue weighted by molar-refractivity contribution is -0.251. The van der Waals surface area contributed by atoms with Gasteiger partial charge in [0.25, 0.3) is 0 Å². The van der Waals surface area contributed by atoms with Gasteiger partial charge in [0.1, 0.15) is 0 Å². The van der Waals surface area contributed by atoms with E-state index in [-0.39, 0.29) is 23.3 Å². The average molecular weight is 462 g/mol. The van der Waals surface area contributed by atoms with Crippen LogP contribution in [0.5, 0.6) is 0 Å². The summed E-state index contributed by atoms with van der Waals surface area (Å²) in [5.74, 6) is -2.18. The van der Waals surface area contributed by atoms with E-state index in [4.69, 9.17) is 18.9 Å². The molecule has 0 aromatic heterocycles. The van der Waals surface area contributed by atoms with Gasteiger partial charge in [-0.15, -0.1) is 0 Å². The second-order valence-electron chi connectivity index (χ2n) is 7.51. The number of benzene rings is 3. The molecular weight excluding hydrogens is 440 g/mol. The predicted octanol–water partition coefficient (Wildman–Crippen LogP) is 3.01. The number of aliphatic hydroxyl groups is 1. The quantitative estimate of drug-likeness (QED) is 0.440. The van der Waals surface area contributed by atoms with Crippen LogP contribution >= 0.6 is 0 Å². The molecule has 1 aliphatic rings. The molecule has 4 rings (SSSR count). The van der Waals surface area contributed by atoms with E-state index in [1.54, 1.807) is 78.9 Å². The summed E-state index contributed by atoms with van der Waals surface area (Å²) in [5.41, 5.74) is 0.746. The molecule has 3 aromatic rings. The van der Waals surface area contributed by atoms with Gasteiger partial charge in [-0.05, 0) is 36.4 Å². The van der Waals surface area contributed by atoms with E-state index < -0.39 is 42.5 Å². The van der Waals surface area contributed by atoms with Crippen LogP contribution in [0.2, 0.25) is 0 Å². The van der Waals surface area contributed by atoms with Crippen molar-refractivity contribution in [3.8, 4) is 0 Å². The van der Waals surface area contributed by atoms with Crippen LogP contribution < -0.4 is 0 Å². The first kappa shape index (κ1) is 23.2. The van der Waals surface area contributed by atoms with Gasteiger partial charge in [0.05, 0.1) is 23.3 Å². The fraction of sp³-hybridized carbons (Fsp3) is 0.192. The molecule has 0 spiro atoms. The van der Waals surface area contributed by atoms with Gasteiger partial charge in [-0.3, -0.25) is 0 Å². The number of ether oxygens (including phenoxy) is 4. The van der Waals surface area contributed by atoms with Crippen molar-refractivity contribution in [2.45, 2.75) is 24.6 Å². The second-order valence-corrected chi connectivity index (χ2v) is 7.51. The lowest BCUT2D eigenvalue weighted by atomic mass is 10.0. The van der Waals surface area contributed by atoms with Crippen LogP contribution in [-0.4, -0.2) is 54.2 Å². The van der Waals surface area contributed by atoms with Gasteiger partial charge in [0, 0.05) is 0 Å². The lowest BCUT2D eigenvalue weighted by Gasteiger charge is -2.38. The van der Waals surface area contributed by atoms with Crippen LogP contribution in [0.15, 0.2) is 91.0 Å². The molecule has 0 aliphatic carbocycles. The summed E-state index contributed by atoms with van der Waals surface area (Å²) in [6.45, 7) is -0.272. The first-order chi connectivity index (χ1) is 16.5. The van der Waals surface area contributed by atoms with E-state index in [0.29, 0.717) is 0 Å². The van der Waals surface area contributed by atoms with E-state index in [2.05, 4.69) is 0 Å². The summed E-state index contributed by atoms with van der Waals surface area (Å²) >= 11 is 0. The monoisotopic (exact) mass is 462 g/mol. The molecule has 1 fully saturated rings. The predicted molar refractivity (Wildman–Crippen MR) is 119 cm³/mol. The Kier molecular flexibility index (Phi) is 7.31. The highest BCUT2D eigenvalue weighted by Gasteiger charge is 2.47. The van der Waals surface area contributed by atoms with Crippen LogP contribution in [0.25, 0.3) is 0 Å². The smallest absolute Gasteiger partial charge is 0.338 e. The van der Waals surface area contributed by atoms with Crippen molar-refractivity contribution in [3.05, 3.63) is 108 Å². The van der Waals surface area contributed by atoms with Gasteiger partial charge < -0.3 is 24.1 Å². The van der Waals surface area contributed by atoms with Crippen LogP contribution in [0.1, 0.15) is 31.1 Å². The first-order valence-corrected chi connectivity index (χ1v) is 10.6. The molecule has 1 N–H and O–H groups in total. The molecule has 174 valence electrons. The Morgan fingerprint density at radius 1 is 0.618 bits per heavy atom. The summed E-state index contributed by atoms with van der Waals surface area (Å²) in [6, 6.07) is 24.5. The lowest BCUT2D eigenvalue weighted by Crippen LogP contribution is -2.57. The van der Waals surface area contributed by atoms with E-state index in [1.807, 2.05) is 0 Å². The average Bonchev–Trinajstić information content (AvgIpc) is 2.89. The maximum absolute atomic E-state index is 12.8. The van der Waals surface area contributed by atoms with Gasteiger partial charge in [0.2, 0.25) is 0 Å². The standard InChI is InChI=1S/C26H22O8/c27-23(17-10-4-1-5-11-17)32-20-16-31-26(30)22(34-25(29)19-14-8-3-9-15-19)21(20)33-24(28)18-12-6-2-7-13-18/h1-15,20-22,26,30H,16H2/t20-,21?,22?,26+/m0/s1. The van der Waals surface area contributed by atoms with Crippen molar-refractivity contribution in [3.63, 3.8) is 0 Å². The number of esters is 3. The maximum atomic E-state index is 12.8. The number of hydrogen-bond donors (Lipinski definition) is 1. The maximum Gasteiger partial charge on any atom is 0.338 e. The largest absolute Gasteiger partial charge is 0.452 e. The normalized spacial score (nSPS) is 21.8. The van der Waals surface area contributed by atoms with E-state index in [1.165, 1.54) is 12.1 Å². The highest BCUT2D eigenvalue weighted by molar-refractivity contribution is 5.91. The summed E-state index contributed by atoms with van der Waals surface area (Å²) < 4.78 is 21.9. The summed E-state index contributed by atoms with van der Waals surface area (Å²) in [7, 11) is 0. The minimum absolute atomic E-state index is 0.228. The molecule has 1 heterocycles. The zero-order valence-corrected chi connectivity index (χ0v) is 18.0. The SMILES string of the molecule is O=C(OC1C(OC(=O)c2ccccc2)[C@@H](OC(=O)c2ccccc2)CO[C@H]1O)c1ccccc1. The van der Waals surface area contributed by atoms with Crippen LogP contribution in [0, 0.1) is 0 Å². The third-order valence-corrected chi connectivity index (χ3v) is 5.18. The van der Waals surface area contributed by atoms with Gasteiger partial charge in [-0.25, -0.2) is 14.4 Å². The van der Waals surface area contributed by atoms with E-state index >= 15 is 0 Å².